The van der Waals surface area contributed by atoms with Crippen LogP contribution in [0.2, 0.25) is 0 Å². The van der Waals surface area contributed by atoms with Gasteiger partial charge in [0.2, 0.25) is 0 Å². The number of esters is 3. The average molecular weight is 779 g/mol. The number of unbranched alkanes of at least 4 members (excludes halogenated alkanes) is 34. The Kier molecular flexibility index (Phi) is 43.8. The predicted octanol–water partition coefficient (Wildman–Crippen LogP) is 15.6. The summed E-state index contributed by atoms with van der Waals surface area (Å²) in [5, 5.41) is 0. The Morgan fingerprint density at radius 2 is 0.491 bits per heavy atom. The van der Waals surface area contributed by atoms with E-state index in [0.29, 0.717) is 19.3 Å². The Morgan fingerprint density at radius 1 is 0.291 bits per heavy atom. The summed E-state index contributed by atoms with van der Waals surface area (Å²) >= 11 is 0. The summed E-state index contributed by atoms with van der Waals surface area (Å²) in [5.74, 6) is -0.848. The van der Waals surface area contributed by atoms with Crippen LogP contribution >= 0.6 is 0 Å². The molecule has 326 valence electrons. The maximum Gasteiger partial charge on any atom is 0.306 e. The molecule has 55 heavy (non-hydrogen) atoms. The van der Waals surface area contributed by atoms with E-state index in [4.69, 9.17) is 14.2 Å². The number of rotatable bonds is 45. The highest BCUT2D eigenvalue weighted by Crippen LogP contribution is 2.16. The lowest BCUT2D eigenvalue weighted by Gasteiger charge is -2.18. The summed E-state index contributed by atoms with van der Waals surface area (Å²) < 4.78 is 16.7. The van der Waals surface area contributed by atoms with E-state index in [1.807, 2.05) is 0 Å². The van der Waals surface area contributed by atoms with Gasteiger partial charge in [-0.2, -0.15) is 0 Å². The van der Waals surface area contributed by atoms with Crippen LogP contribution in [0, 0.1) is 0 Å². The average Bonchev–Trinajstić information content (AvgIpc) is 3.18. The van der Waals surface area contributed by atoms with E-state index >= 15 is 0 Å². The van der Waals surface area contributed by atoms with Crippen molar-refractivity contribution in [1.29, 1.82) is 0 Å². The Bertz CT molecular complexity index is 813. The van der Waals surface area contributed by atoms with Gasteiger partial charge in [0.25, 0.3) is 0 Å². The first kappa shape index (κ1) is 53.4. The molecule has 0 aromatic carbocycles. The van der Waals surface area contributed by atoms with Crippen molar-refractivity contribution < 1.29 is 28.6 Å². The van der Waals surface area contributed by atoms with Gasteiger partial charge < -0.3 is 14.2 Å². The number of ether oxygens (including phenoxy) is 3. The van der Waals surface area contributed by atoms with Crippen LogP contribution < -0.4 is 0 Å². The molecule has 0 unspecified atom stereocenters. The number of carbonyl (C=O) groups excluding carboxylic acids is 3. The van der Waals surface area contributed by atoms with E-state index in [0.717, 1.165) is 57.8 Å². The van der Waals surface area contributed by atoms with E-state index < -0.39 is 6.10 Å². The van der Waals surface area contributed by atoms with E-state index in [9.17, 15) is 14.4 Å². The van der Waals surface area contributed by atoms with E-state index in [1.165, 1.54) is 180 Å². The number of hydrogen-bond donors (Lipinski definition) is 0. The molecular weight excluding hydrogens is 685 g/mol. The van der Waals surface area contributed by atoms with Gasteiger partial charge in [0.05, 0.1) is 0 Å². The molecule has 0 saturated heterocycles. The second kappa shape index (κ2) is 45.1. The third kappa shape index (κ3) is 43.4. The van der Waals surface area contributed by atoms with E-state index in [1.54, 1.807) is 0 Å². The summed E-state index contributed by atoms with van der Waals surface area (Å²) in [6.07, 6.45) is 46.5. The van der Waals surface area contributed by atoms with Crippen LogP contribution in [0.3, 0.4) is 0 Å². The van der Waals surface area contributed by atoms with Crippen LogP contribution in [0.1, 0.15) is 278 Å². The molecule has 0 rings (SSSR count). The number of carbonyl (C=O) groups is 3. The largest absolute Gasteiger partial charge is 0.462 e. The topological polar surface area (TPSA) is 78.9 Å². The zero-order chi connectivity index (χ0) is 40.1. The normalized spacial score (nSPS) is 11.8. The molecule has 6 nitrogen and oxygen atoms in total. The fourth-order valence-electron chi connectivity index (χ4n) is 7.38. The molecule has 0 aromatic heterocycles. The quantitative estimate of drug-likeness (QED) is 0.0348. The highest BCUT2D eigenvalue weighted by Gasteiger charge is 2.19. The summed E-state index contributed by atoms with van der Waals surface area (Å²) in [7, 11) is 0. The molecule has 0 bridgehead atoms. The van der Waals surface area contributed by atoms with Crippen LogP contribution in [0.15, 0.2) is 0 Å². The number of hydrogen-bond acceptors (Lipinski definition) is 6. The molecule has 0 aliphatic heterocycles. The Morgan fingerprint density at radius 3 is 0.727 bits per heavy atom. The summed E-state index contributed by atoms with van der Waals surface area (Å²) in [6, 6.07) is 0. The fourth-order valence-corrected chi connectivity index (χ4v) is 7.38. The molecule has 0 spiro atoms. The van der Waals surface area contributed by atoms with Crippen molar-refractivity contribution in [3.63, 3.8) is 0 Å². The lowest BCUT2D eigenvalue weighted by Crippen LogP contribution is -2.30. The molecule has 0 saturated carbocycles. The Labute approximate surface area is 342 Å². The molecule has 0 aromatic rings. The summed E-state index contributed by atoms with van der Waals surface area (Å²) in [4.78, 5) is 37.8. The second-order valence-corrected chi connectivity index (χ2v) is 16.7. The summed E-state index contributed by atoms with van der Waals surface area (Å²) in [5.41, 5.74) is 0. The van der Waals surface area contributed by atoms with Gasteiger partial charge in [-0.3, -0.25) is 14.4 Å². The van der Waals surface area contributed by atoms with Crippen molar-refractivity contribution in [3.05, 3.63) is 0 Å². The Hall–Kier alpha value is -1.59. The van der Waals surface area contributed by atoms with Crippen molar-refractivity contribution in [2.75, 3.05) is 13.2 Å². The first-order valence-electron chi connectivity index (χ1n) is 24.5. The predicted molar refractivity (Wildman–Crippen MR) is 233 cm³/mol. The molecule has 0 aliphatic rings. The van der Waals surface area contributed by atoms with Crippen LogP contribution in [-0.2, 0) is 28.6 Å². The maximum absolute atomic E-state index is 12.7. The van der Waals surface area contributed by atoms with Crippen LogP contribution in [0.4, 0.5) is 0 Å². The van der Waals surface area contributed by atoms with Gasteiger partial charge in [-0.1, -0.05) is 239 Å². The monoisotopic (exact) mass is 779 g/mol. The van der Waals surface area contributed by atoms with Crippen molar-refractivity contribution in [2.24, 2.45) is 0 Å². The minimum atomic E-state index is -0.758. The second-order valence-electron chi connectivity index (χ2n) is 16.7. The highest BCUT2D eigenvalue weighted by molar-refractivity contribution is 5.71. The van der Waals surface area contributed by atoms with Gasteiger partial charge in [-0.05, 0) is 19.3 Å². The van der Waals surface area contributed by atoms with Gasteiger partial charge in [0.15, 0.2) is 6.10 Å². The van der Waals surface area contributed by atoms with Gasteiger partial charge in [0.1, 0.15) is 13.2 Å². The highest BCUT2D eigenvalue weighted by atomic mass is 16.6. The molecule has 0 amide bonds. The van der Waals surface area contributed by atoms with E-state index in [-0.39, 0.29) is 31.1 Å². The van der Waals surface area contributed by atoms with Gasteiger partial charge >= 0.3 is 17.9 Å². The van der Waals surface area contributed by atoms with Crippen LogP contribution in [0.5, 0.6) is 0 Å². The Balaban J connectivity index is 4.26. The fraction of sp³-hybridized carbons (Fsp3) is 0.939. The van der Waals surface area contributed by atoms with Gasteiger partial charge in [-0.15, -0.1) is 0 Å². The molecule has 1 atom stereocenters. The third-order valence-electron chi connectivity index (χ3n) is 11.1. The summed E-state index contributed by atoms with van der Waals surface area (Å²) in [6.45, 7) is 6.65. The van der Waals surface area contributed by atoms with Gasteiger partial charge in [-0.25, -0.2) is 0 Å². The third-order valence-corrected chi connectivity index (χ3v) is 11.1. The minimum Gasteiger partial charge on any atom is -0.462 e. The maximum atomic E-state index is 12.7. The van der Waals surface area contributed by atoms with Gasteiger partial charge in [0, 0.05) is 19.3 Å². The van der Waals surface area contributed by atoms with Crippen molar-refractivity contribution >= 4 is 17.9 Å². The molecule has 0 heterocycles. The molecule has 0 radical (unpaired) electrons. The molecule has 0 aliphatic carbocycles. The lowest BCUT2D eigenvalue weighted by atomic mass is 10.0. The van der Waals surface area contributed by atoms with Crippen molar-refractivity contribution in [2.45, 2.75) is 284 Å². The molecular formula is C49H94O6. The first-order chi connectivity index (χ1) is 27.0. The van der Waals surface area contributed by atoms with Crippen molar-refractivity contribution in [3.8, 4) is 0 Å². The first-order valence-corrected chi connectivity index (χ1v) is 24.5. The minimum absolute atomic E-state index is 0.0623. The van der Waals surface area contributed by atoms with Crippen LogP contribution in [-0.4, -0.2) is 37.2 Å². The molecule has 0 fully saturated rings. The van der Waals surface area contributed by atoms with Crippen LogP contribution in [0.25, 0.3) is 0 Å². The molecule has 0 N–H and O–H groups in total. The SMILES string of the molecule is CCCCCCCCCCCCCCCCCCC(=O)OC[C@@H](COC(=O)CCCCCCCCCCCC)OC(=O)CCCCCCCCCCCCC. The zero-order valence-corrected chi connectivity index (χ0v) is 37.2. The zero-order valence-electron chi connectivity index (χ0n) is 37.2. The standard InChI is InChI=1S/C49H94O6/c1-4-7-10-13-16-19-22-23-24-25-26-28-30-33-36-39-42-48(51)54-45-46(44-53-47(50)41-38-35-32-29-21-18-15-12-9-6-3)55-49(52)43-40-37-34-31-27-20-17-14-11-8-5-2/h46H,4-45H2,1-3H3/t46-/m1/s1. The van der Waals surface area contributed by atoms with E-state index in [2.05, 4.69) is 20.8 Å². The van der Waals surface area contributed by atoms with Crippen molar-refractivity contribution in [1.82, 2.24) is 0 Å². The lowest BCUT2D eigenvalue weighted by molar-refractivity contribution is -0.167. The molecule has 6 heteroatoms. The smallest absolute Gasteiger partial charge is 0.306 e.